The van der Waals surface area contributed by atoms with Crippen molar-refractivity contribution in [3.63, 3.8) is 0 Å². The molecule has 17 heavy (non-hydrogen) atoms. The van der Waals surface area contributed by atoms with Crippen molar-refractivity contribution in [2.45, 2.75) is 32.1 Å². The molecule has 1 aliphatic carbocycles. The molecule has 1 heterocycles. The molecule has 2 fully saturated rings. The van der Waals surface area contributed by atoms with E-state index in [-0.39, 0.29) is 0 Å². The van der Waals surface area contributed by atoms with E-state index in [2.05, 4.69) is 4.90 Å². The largest absolute Gasteiger partial charge is 0.384 e. The Hall–Kier alpha value is -0.120. The van der Waals surface area contributed by atoms with Gasteiger partial charge in [-0.15, -0.1) is 0 Å². The van der Waals surface area contributed by atoms with E-state index < -0.39 is 0 Å². The molecule has 0 radical (unpaired) electrons. The van der Waals surface area contributed by atoms with Crippen molar-refractivity contribution >= 4 is 0 Å². The number of hydrogen-bond donors (Lipinski definition) is 1. The minimum atomic E-state index is 0.756. The van der Waals surface area contributed by atoms with Gasteiger partial charge in [-0.2, -0.15) is 0 Å². The topological polar surface area (TPSA) is 38.5 Å². The Bertz CT molecular complexity index is 220. The minimum absolute atomic E-state index is 0.756. The molecule has 0 spiro atoms. The maximum absolute atomic E-state index is 5.87. The van der Waals surface area contributed by atoms with Gasteiger partial charge in [-0.25, -0.2) is 0 Å². The van der Waals surface area contributed by atoms with Crippen LogP contribution >= 0.6 is 0 Å². The third kappa shape index (κ3) is 3.67. The normalized spacial score (nSPS) is 35.3. The molecule has 2 N–H and O–H groups in total. The molecular weight excluding hydrogens is 212 g/mol. The van der Waals surface area contributed by atoms with Crippen LogP contribution in [0.5, 0.6) is 0 Å². The third-order valence-corrected chi connectivity index (χ3v) is 4.62. The van der Waals surface area contributed by atoms with Crippen LogP contribution in [0.3, 0.4) is 0 Å². The Labute approximate surface area is 106 Å². The van der Waals surface area contributed by atoms with Crippen LogP contribution in [0, 0.1) is 17.8 Å². The SMILES string of the molecule is COCC1CCCN(CC2CCCC2CN)C1. The Balaban J connectivity index is 1.77. The minimum Gasteiger partial charge on any atom is -0.384 e. The fourth-order valence-electron chi connectivity index (χ4n) is 3.68. The highest BCUT2D eigenvalue weighted by molar-refractivity contribution is 4.82. The Morgan fingerprint density at radius 2 is 2.00 bits per heavy atom. The van der Waals surface area contributed by atoms with Crippen molar-refractivity contribution in [3.05, 3.63) is 0 Å². The smallest absolute Gasteiger partial charge is 0.0502 e. The van der Waals surface area contributed by atoms with E-state index in [1.807, 2.05) is 7.11 Å². The van der Waals surface area contributed by atoms with Crippen LogP contribution in [0.15, 0.2) is 0 Å². The average molecular weight is 240 g/mol. The summed E-state index contributed by atoms with van der Waals surface area (Å²) in [5, 5.41) is 0. The summed E-state index contributed by atoms with van der Waals surface area (Å²) in [5.41, 5.74) is 5.87. The molecule has 3 unspecified atom stereocenters. The fraction of sp³-hybridized carbons (Fsp3) is 1.00. The predicted octanol–water partition coefficient (Wildman–Crippen LogP) is 1.72. The zero-order valence-corrected chi connectivity index (χ0v) is 11.2. The summed E-state index contributed by atoms with van der Waals surface area (Å²) < 4.78 is 5.30. The lowest BCUT2D eigenvalue weighted by Gasteiger charge is -2.35. The van der Waals surface area contributed by atoms with Crippen LogP contribution in [-0.4, -0.2) is 44.8 Å². The standard InChI is InChI=1S/C14H28N2O/c1-17-11-12-4-3-7-16(9-12)10-14-6-2-5-13(14)8-15/h12-14H,2-11,15H2,1H3. The number of nitrogens with two attached hydrogens (primary N) is 1. The maximum Gasteiger partial charge on any atom is 0.0502 e. The molecule has 0 aromatic heterocycles. The van der Waals surface area contributed by atoms with Crippen molar-refractivity contribution in [3.8, 4) is 0 Å². The summed E-state index contributed by atoms with van der Waals surface area (Å²) in [7, 11) is 1.82. The molecular formula is C14H28N2O. The van der Waals surface area contributed by atoms with Crippen LogP contribution in [0.25, 0.3) is 0 Å². The van der Waals surface area contributed by atoms with Gasteiger partial charge >= 0.3 is 0 Å². The van der Waals surface area contributed by atoms with Crippen LogP contribution in [0.4, 0.5) is 0 Å². The van der Waals surface area contributed by atoms with Gasteiger partial charge in [0.2, 0.25) is 0 Å². The molecule has 100 valence electrons. The van der Waals surface area contributed by atoms with E-state index in [1.54, 1.807) is 0 Å². The first-order chi connectivity index (χ1) is 8.33. The van der Waals surface area contributed by atoms with Crippen molar-refractivity contribution in [2.75, 3.05) is 39.9 Å². The predicted molar refractivity (Wildman–Crippen MR) is 70.9 cm³/mol. The second-order valence-corrected chi connectivity index (χ2v) is 5.91. The summed E-state index contributed by atoms with van der Waals surface area (Å²) in [6.07, 6.45) is 6.83. The second-order valence-electron chi connectivity index (χ2n) is 5.91. The average Bonchev–Trinajstić information content (AvgIpc) is 2.77. The molecule has 1 aliphatic heterocycles. The van der Waals surface area contributed by atoms with Gasteiger partial charge in [-0.1, -0.05) is 6.42 Å². The summed E-state index contributed by atoms with van der Waals surface area (Å²) >= 11 is 0. The molecule has 2 rings (SSSR count). The third-order valence-electron chi connectivity index (χ3n) is 4.62. The molecule has 0 aromatic carbocycles. The molecule has 0 bridgehead atoms. The number of hydrogen-bond acceptors (Lipinski definition) is 3. The lowest BCUT2D eigenvalue weighted by Crippen LogP contribution is -2.41. The zero-order chi connectivity index (χ0) is 12.1. The molecule has 1 saturated carbocycles. The number of methoxy groups -OCH3 is 1. The van der Waals surface area contributed by atoms with E-state index >= 15 is 0 Å². The van der Waals surface area contributed by atoms with Gasteiger partial charge in [0, 0.05) is 20.2 Å². The number of ether oxygens (including phenoxy) is 1. The van der Waals surface area contributed by atoms with Gasteiger partial charge in [0.1, 0.15) is 0 Å². The highest BCUT2D eigenvalue weighted by Crippen LogP contribution is 2.32. The summed E-state index contributed by atoms with van der Waals surface area (Å²) in [6.45, 7) is 5.62. The van der Waals surface area contributed by atoms with Gasteiger partial charge in [0.15, 0.2) is 0 Å². The summed E-state index contributed by atoms with van der Waals surface area (Å²) in [5.74, 6) is 2.41. The zero-order valence-electron chi connectivity index (χ0n) is 11.2. The number of rotatable bonds is 5. The second kappa shape index (κ2) is 6.72. The van der Waals surface area contributed by atoms with Crippen molar-refractivity contribution in [1.82, 2.24) is 4.90 Å². The molecule has 0 aromatic rings. The van der Waals surface area contributed by atoms with E-state index in [0.717, 1.165) is 30.9 Å². The van der Waals surface area contributed by atoms with E-state index in [9.17, 15) is 0 Å². The van der Waals surface area contributed by atoms with Gasteiger partial charge in [0.25, 0.3) is 0 Å². The highest BCUT2D eigenvalue weighted by atomic mass is 16.5. The van der Waals surface area contributed by atoms with E-state index in [1.165, 1.54) is 51.7 Å². The van der Waals surface area contributed by atoms with Crippen molar-refractivity contribution in [2.24, 2.45) is 23.5 Å². The number of piperidine rings is 1. The lowest BCUT2D eigenvalue weighted by molar-refractivity contribution is 0.0790. The van der Waals surface area contributed by atoms with Gasteiger partial charge in [-0.3, -0.25) is 0 Å². The molecule has 3 atom stereocenters. The summed E-state index contributed by atoms with van der Waals surface area (Å²) in [6, 6.07) is 0. The Morgan fingerprint density at radius 1 is 1.18 bits per heavy atom. The number of nitrogens with zero attached hydrogens (tertiary/aromatic N) is 1. The van der Waals surface area contributed by atoms with Crippen LogP contribution < -0.4 is 5.73 Å². The summed E-state index contributed by atoms with van der Waals surface area (Å²) in [4.78, 5) is 2.66. The van der Waals surface area contributed by atoms with Crippen LogP contribution in [0.1, 0.15) is 32.1 Å². The first kappa shape index (κ1) is 13.3. The first-order valence-corrected chi connectivity index (χ1v) is 7.24. The quantitative estimate of drug-likeness (QED) is 0.795. The first-order valence-electron chi connectivity index (χ1n) is 7.24. The van der Waals surface area contributed by atoms with Crippen LogP contribution in [0.2, 0.25) is 0 Å². The number of likely N-dealkylation sites (tertiary alicyclic amines) is 1. The van der Waals surface area contributed by atoms with Gasteiger partial charge < -0.3 is 15.4 Å². The van der Waals surface area contributed by atoms with Gasteiger partial charge in [-0.05, 0) is 56.5 Å². The van der Waals surface area contributed by atoms with Gasteiger partial charge in [0.05, 0.1) is 6.61 Å². The lowest BCUT2D eigenvalue weighted by atomic mass is 9.93. The maximum atomic E-state index is 5.87. The molecule has 0 amide bonds. The Kier molecular flexibility index (Phi) is 5.26. The van der Waals surface area contributed by atoms with E-state index in [0.29, 0.717) is 0 Å². The highest BCUT2D eigenvalue weighted by Gasteiger charge is 2.29. The van der Waals surface area contributed by atoms with Crippen LogP contribution in [-0.2, 0) is 4.74 Å². The monoisotopic (exact) mass is 240 g/mol. The van der Waals surface area contributed by atoms with E-state index in [4.69, 9.17) is 10.5 Å². The fourth-order valence-corrected chi connectivity index (χ4v) is 3.68. The Morgan fingerprint density at radius 3 is 2.76 bits per heavy atom. The van der Waals surface area contributed by atoms with Crippen molar-refractivity contribution < 1.29 is 4.74 Å². The molecule has 3 nitrogen and oxygen atoms in total. The molecule has 1 saturated heterocycles. The molecule has 2 aliphatic rings. The van der Waals surface area contributed by atoms with Crippen molar-refractivity contribution in [1.29, 1.82) is 0 Å². The molecule has 3 heteroatoms.